The van der Waals surface area contributed by atoms with E-state index in [1.807, 2.05) is 41.1 Å². The van der Waals surface area contributed by atoms with Gasteiger partial charge in [-0.15, -0.1) is 11.3 Å². The van der Waals surface area contributed by atoms with Crippen LogP contribution in [0.1, 0.15) is 21.1 Å². The fraction of sp³-hybridized carbons (Fsp3) is 0.316. The van der Waals surface area contributed by atoms with E-state index in [0.717, 1.165) is 23.6 Å². The maximum absolute atomic E-state index is 13.0. The van der Waals surface area contributed by atoms with E-state index in [1.165, 1.54) is 11.3 Å². The number of nitriles is 1. The summed E-state index contributed by atoms with van der Waals surface area (Å²) >= 11 is 4.47. The Morgan fingerprint density at radius 2 is 2.11 bits per heavy atom. The zero-order valence-corrected chi connectivity index (χ0v) is 18.9. The predicted octanol–water partition coefficient (Wildman–Crippen LogP) is 5.28. The number of hydrogen-bond acceptors (Lipinski definition) is 5. The number of ether oxygens (including phenoxy) is 1. The van der Waals surface area contributed by atoms with Gasteiger partial charge in [0.2, 0.25) is 5.78 Å². The molecule has 0 aliphatic carbocycles. The Bertz CT molecular complexity index is 1030. The molecule has 0 bridgehead atoms. The Morgan fingerprint density at radius 3 is 2.78 bits per heavy atom. The second-order valence-corrected chi connectivity index (χ2v) is 15.4. The molecule has 0 spiro atoms. The van der Waals surface area contributed by atoms with E-state index < -0.39 is 8.07 Å². The van der Waals surface area contributed by atoms with Crippen molar-refractivity contribution in [3.63, 3.8) is 0 Å². The number of hydrogen-bond donors (Lipinski definition) is 0. The second kappa shape index (κ2) is 8.06. The van der Waals surface area contributed by atoms with Gasteiger partial charge in [-0.05, 0) is 28.0 Å². The minimum atomic E-state index is -1.14. The smallest absolute Gasteiger partial charge is 0.223 e. The van der Waals surface area contributed by atoms with Crippen molar-refractivity contribution in [1.82, 2.24) is 9.55 Å². The first kappa shape index (κ1) is 20.0. The van der Waals surface area contributed by atoms with E-state index in [-0.39, 0.29) is 11.5 Å². The van der Waals surface area contributed by atoms with Gasteiger partial charge in [-0.25, -0.2) is 4.98 Å². The topological polar surface area (TPSA) is 67.9 Å². The first-order valence-corrected chi connectivity index (χ1v) is 13.9. The number of para-hydroxylation sites is 1. The highest BCUT2D eigenvalue weighted by molar-refractivity contribution is 9.11. The number of nitrogens with zero attached hydrogens (tertiary/aromatic N) is 3. The number of carbonyl (C=O) groups excluding carboxylic acids is 1. The van der Waals surface area contributed by atoms with Crippen molar-refractivity contribution in [3.8, 4) is 6.07 Å². The van der Waals surface area contributed by atoms with Crippen molar-refractivity contribution in [2.24, 2.45) is 0 Å². The summed E-state index contributed by atoms with van der Waals surface area (Å²) in [6.45, 7) is 8.08. The number of benzene rings is 1. The molecule has 0 saturated heterocycles. The van der Waals surface area contributed by atoms with E-state index >= 15 is 0 Å². The lowest BCUT2D eigenvalue weighted by Crippen LogP contribution is -2.21. The molecule has 0 aliphatic rings. The molecule has 2 heterocycles. The SMILES string of the molecule is C[Si](C)(C)CCOCn1cc(C(=O)c2nc(C#N)c(Br)s2)c2ccccc21. The highest BCUT2D eigenvalue weighted by Gasteiger charge is 2.21. The molecular formula is C19H20BrN3O2SSi. The summed E-state index contributed by atoms with van der Waals surface area (Å²) in [7, 11) is -1.14. The largest absolute Gasteiger partial charge is 0.361 e. The predicted molar refractivity (Wildman–Crippen MR) is 114 cm³/mol. The van der Waals surface area contributed by atoms with Crippen LogP contribution in [-0.2, 0) is 11.5 Å². The summed E-state index contributed by atoms with van der Waals surface area (Å²) in [4.78, 5) is 17.1. The molecule has 0 fully saturated rings. The second-order valence-electron chi connectivity index (χ2n) is 7.46. The van der Waals surface area contributed by atoms with Crippen molar-refractivity contribution < 1.29 is 9.53 Å². The maximum Gasteiger partial charge on any atom is 0.223 e. The molecule has 0 saturated carbocycles. The molecule has 140 valence electrons. The van der Waals surface area contributed by atoms with Crippen LogP contribution in [0.2, 0.25) is 25.7 Å². The Hall–Kier alpha value is -1.79. The zero-order chi connectivity index (χ0) is 19.6. The van der Waals surface area contributed by atoms with Crippen molar-refractivity contribution >= 4 is 52.0 Å². The van der Waals surface area contributed by atoms with E-state index in [0.29, 0.717) is 21.1 Å². The number of carbonyl (C=O) groups is 1. The summed E-state index contributed by atoms with van der Waals surface area (Å²) in [6, 6.07) is 10.9. The van der Waals surface area contributed by atoms with Gasteiger partial charge in [-0.1, -0.05) is 37.8 Å². The lowest BCUT2D eigenvalue weighted by Gasteiger charge is -2.15. The van der Waals surface area contributed by atoms with Gasteiger partial charge in [0.25, 0.3) is 0 Å². The Kier molecular flexibility index (Phi) is 5.96. The van der Waals surface area contributed by atoms with Crippen LogP contribution in [0.15, 0.2) is 34.2 Å². The highest BCUT2D eigenvalue weighted by atomic mass is 79.9. The lowest BCUT2D eigenvalue weighted by atomic mass is 10.1. The lowest BCUT2D eigenvalue weighted by molar-refractivity contribution is 0.0899. The van der Waals surface area contributed by atoms with Crippen LogP contribution in [0, 0.1) is 11.3 Å². The van der Waals surface area contributed by atoms with Gasteiger partial charge in [0.1, 0.15) is 16.6 Å². The van der Waals surface area contributed by atoms with Gasteiger partial charge >= 0.3 is 0 Å². The molecule has 0 atom stereocenters. The van der Waals surface area contributed by atoms with Gasteiger partial charge < -0.3 is 9.30 Å². The highest BCUT2D eigenvalue weighted by Crippen LogP contribution is 2.29. The quantitative estimate of drug-likeness (QED) is 0.272. The molecule has 5 nitrogen and oxygen atoms in total. The maximum atomic E-state index is 13.0. The molecule has 3 rings (SSSR count). The molecule has 27 heavy (non-hydrogen) atoms. The molecule has 0 radical (unpaired) electrons. The molecule has 8 heteroatoms. The molecule has 2 aromatic heterocycles. The minimum absolute atomic E-state index is 0.181. The Morgan fingerprint density at radius 1 is 1.37 bits per heavy atom. The minimum Gasteiger partial charge on any atom is -0.361 e. The molecule has 0 aliphatic heterocycles. The zero-order valence-electron chi connectivity index (χ0n) is 15.5. The number of ketones is 1. The van der Waals surface area contributed by atoms with Crippen LogP contribution in [0.25, 0.3) is 10.9 Å². The fourth-order valence-corrected chi connectivity index (χ4v) is 4.75. The van der Waals surface area contributed by atoms with Gasteiger partial charge in [-0.3, -0.25) is 4.79 Å². The van der Waals surface area contributed by atoms with Crippen LogP contribution in [-0.4, -0.2) is 30.0 Å². The third-order valence-corrected chi connectivity index (χ3v) is 7.55. The van der Waals surface area contributed by atoms with Crippen molar-refractivity contribution in [3.05, 3.63) is 50.5 Å². The third kappa shape index (κ3) is 4.55. The number of fused-ring (bicyclic) bond motifs is 1. The summed E-state index contributed by atoms with van der Waals surface area (Å²) in [5, 5.41) is 10.2. The summed E-state index contributed by atoms with van der Waals surface area (Å²) in [5.41, 5.74) is 1.76. The molecule has 3 aromatic rings. The number of rotatable bonds is 7. The van der Waals surface area contributed by atoms with Gasteiger partial charge in [0.15, 0.2) is 10.7 Å². The average Bonchev–Trinajstić information content (AvgIpc) is 3.18. The van der Waals surface area contributed by atoms with Gasteiger partial charge in [0, 0.05) is 26.3 Å². The van der Waals surface area contributed by atoms with E-state index in [2.05, 4.69) is 40.6 Å². The normalized spacial score (nSPS) is 11.7. The molecule has 0 unspecified atom stereocenters. The van der Waals surface area contributed by atoms with Crippen LogP contribution >= 0.6 is 27.3 Å². The van der Waals surface area contributed by atoms with E-state index in [1.54, 1.807) is 0 Å². The Labute approximate surface area is 171 Å². The molecular weight excluding hydrogens is 442 g/mol. The standard InChI is InChI=1S/C19H20BrN3O2SSi/c1-27(2,3)9-8-25-12-23-11-14(13-6-4-5-7-16(13)23)17(24)19-22-15(10-21)18(20)26-19/h4-7,11H,8-9,12H2,1-3H3. The van der Waals surface area contributed by atoms with Gasteiger partial charge in [0.05, 0.1) is 11.1 Å². The van der Waals surface area contributed by atoms with Crippen LogP contribution < -0.4 is 0 Å². The van der Waals surface area contributed by atoms with Crippen LogP contribution in [0.3, 0.4) is 0 Å². The first-order valence-electron chi connectivity index (χ1n) is 8.57. The van der Waals surface area contributed by atoms with Crippen LogP contribution in [0.5, 0.6) is 0 Å². The summed E-state index contributed by atoms with van der Waals surface area (Å²) < 4.78 is 8.40. The number of halogens is 1. The summed E-state index contributed by atoms with van der Waals surface area (Å²) in [5.74, 6) is -0.181. The third-order valence-electron chi connectivity index (χ3n) is 4.15. The van der Waals surface area contributed by atoms with Crippen molar-refractivity contribution in [1.29, 1.82) is 5.26 Å². The van der Waals surface area contributed by atoms with Crippen molar-refractivity contribution in [2.75, 3.05) is 6.61 Å². The number of aromatic nitrogens is 2. The van der Waals surface area contributed by atoms with Crippen LogP contribution in [0.4, 0.5) is 0 Å². The molecule has 0 N–H and O–H groups in total. The Balaban J connectivity index is 1.88. The van der Waals surface area contributed by atoms with Crippen molar-refractivity contribution in [2.45, 2.75) is 32.4 Å². The average molecular weight is 462 g/mol. The number of thiazole rings is 1. The summed E-state index contributed by atoms with van der Waals surface area (Å²) in [6.07, 6.45) is 1.82. The van der Waals surface area contributed by atoms with E-state index in [4.69, 9.17) is 10.00 Å². The first-order chi connectivity index (χ1) is 12.8. The van der Waals surface area contributed by atoms with E-state index in [9.17, 15) is 4.79 Å². The molecule has 1 aromatic carbocycles. The van der Waals surface area contributed by atoms with Gasteiger partial charge in [-0.2, -0.15) is 5.26 Å². The monoisotopic (exact) mass is 461 g/mol. The molecule has 0 amide bonds. The fourth-order valence-electron chi connectivity index (χ4n) is 2.66.